The smallest absolute Gasteiger partial charge is 0.119 e. The van der Waals surface area contributed by atoms with Crippen molar-refractivity contribution in [1.82, 2.24) is 0 Å². The Morgan fingerprint density at radius 2 is 1.71 bits per heavy atom. The first-order valence-corrected chi connectivity index (χ1v) is 7.67. The summed E-state index contributed by atoms with van der Waals surface area (Å²) >= 11 is 0. The van der Waals surface area contributed by atoms with Crippen molar-refractivity contribution in [3.05, 3.63) is 64.7 Å². The summed E-state index contributed by atoms with van der Waals surface area (Å²) < 4.78 is 5.91. The number of benzene rings is 2. The van der Waals surface area contributed by atoms with Crippen LogP contribution in [-0.4, -0.2) is 0 Å². The molecule has 2 N–H and O–H groups in total. The summed E-state index contributed by atoms with van der Waals surface area (Å²) in [5, 5.41) is 0. The number of rotatable bonds is 6. The molecule has 21 heavy (non-hydrogen) atoms. The van der Waals surface area contributed by atoms with Crippen LogP contribution < -0.4 is 10.5 Å². The van der Waals surface area contributed by atoms with Gasteiger partial charge in [-0.3, -0.25) is 0 Å². The maximum absolute atomic E-state index is 5.91. The molecule has 0 bridgehead atoms. The third kappa shape index (κ3) is 4.08. The molecular formula is C19H25NO. The Morgan fingerprint density at radius 3 is 2.29 bits per heavy atom. The Bertz CT molecular complexity index is 573. The van der Waals surface area contributed by atoms with Gasteiger partial charge in [0.05, 0.1) is 0 Å². The zero-order valence-electron chi connectivity index (χ0n) is 13.2. The minimum absolute atomic E-state index is 0.551. The van der Waals surface area contributed by atoms with Crippen LogP contribution in [0.2, 0.25) is 0 Å². The lowest BCUT2D eigenvalue weighted by Crippen LogP contribution is -2.03. The standard InChI is InChI=1S/C19H25NO/c1-4-16-11-15(12-20)5-6-18(16)13-21-19-9-7-17(8-10-19)14(2)3/h5-11,14H,4,12-13,20H2,1-3H3. The van der Waals surface area contributed by atoms with Gasteiger partial charge in [-0.2, -0.15) is 0 Å². The lowest BCUT2D eigenvalue weighted by Gasteiger charge is -2.12. The van der Waals surface area contributed by atoms with E-state index in [2.05, 4.69) is 63.2 Å². The van der Waals surface area contributed by atoms with Crippen LogP contribution >= 0.6 is 0 Å². The molecule has 0 radical (unpaired) electrons. The Kier molecular flexibility index (Phi) is 5.40. The molecule has 0 unspecified atom stereocenters. The molecule has 0 amide bonds. The van der Waals surface area contributed by atoms with Crippen molar-refractivity contribution in [3.8, 4) is 5.75 Å². The minimum Gasteiger partial charge on any atom is -0.489 e. The summed E-state index contributed by atoms with van der Waals surface area (Å²) in [7, 11) is 0. The maximum Gasteiger partial charge on any atom is 0.119 e. The Labute approximate surface area is 127 Å². The van der Waals surface area contributed by atoms with Gasteiger partial charge < -0.3 is 10.5 Å². The van der Waals surface area contributed by atoms with E-state index in [0.29, 0.717) is 19.1 Å². The third-order valence-electron chi connectivity index (χ3n) is 3.83. The molecular weight excluding hydrogens is 258 g/mol. The summed E-state index contributed by atoms with van der Waals surface area (Å²) in [6, 6.07) is 14.8. The van der Waals surface area contributed by atoms with Gasteiger partial charge in [-0.1, -0.05) is 51.1 Å². The summed E-state index contributed by atoms with van der Waals surface area (Å²) in [5.41, 5.74) is 10.8. The third-order valence-corrected chi connectivity index (χ3v) is 3.83. The van der Waals surface area contributed by atoms with Crippen LogP contribution in [0.1, 0.15) is 48.9 Å². The van der Waals surface area contributed by atoms with Crippen LogP contribution in [0.3, 0.4) is 0 Å². The number of hydrogen-bond donors (Lipinski definition) is 1. The molecule has 0 aliphatic rings. The van der Waals surface area contributed by atoms with Gasteiger partial charge in [-0.05, 0) is 46.7 Å². The maximum atomic E-state index is 5.91. The highest BCUT2D eigenvalue weighted by Gasteiger charge is 2.04. The minimum atomic E-state index is 0.551. The van der Waals surface area contributed by atoms with E-state index in [1.54, 1.807) is 0 Å². The molecule has 0 aliphatic carbocycles. The second-order valence-electron chi connectivity index (χ2n) is 5.67. The number of aryl methyl sites for hydroxylation is 1. The predicted molar refractivity (Wildman–Crippen MR) is 88.6 cm³/mol. The Balaban J connectivity index is 2.05. The average Bonchev–Trinajstić information content (AvgIpc) is 2.53. The van der Waals surface area contributed by atoms with Gasteiger partial charge in [0.15, 0.2) is 0 Å². The molecule has 0 spiro atoms. The van der Waals surface area contributed by atoms with Crippen molar-refractivity contribution in [2.75, 3.05) is 0 Å². The fraction of sp³-hybridized carbons (Fsp3) is 0.368. The van der Waals surface area contributed by atoms with Gasteiger partial charge in [-0.15, -0.1) is 0 Å². The van der Waals surface area contributed by atoms with Gasteiger partial charge in [0.2, 0.25) is 0 Å². The van der Waals surface area contributed by atoms with Crippen LogP contribution in [0, 0.1) is 0 Å². The normalized spacial score (nSPS) is 10.9. The summed E-state index contributed by atoms with van der Waals surface area (Å²) in [4.78, 5) is 0. The van der Waals surface area contributed by atoms with Crippen LogP contribution in [0.5, 0.6) is 5.75 Å². The summed E-state index contributed by atoms with van der Waals surface area (Å²) in [6.45, 7) is 7.75. The molecule has 0 atom stereocenters. The highest BCUT2D eigenvalue weighted by molar-refractivity contribution is 5.33. The van der Waals surface area contributed by atoms with E-state index in [1.165, 1.54) is 22.3 Å². The fourth-order valence-corrected chi connectivity index (χ4v) is 2.39. The van der Waals surface area contributed by atoms with E-state index in [4.69, 9.17) is 10.5 Å². The average molecular weight is 283 g/mol. The monoisotopic (exact) mass is 283 g/mol. The van der Waals surface area contributed by atoms with Gasteiger partial charge in [-0.25, -0.2) is 0 Å². The molecule has 2 rings (SSSR count). The van der Waals surface area contributed by atoms with Gasteiger partial charge >= 0.3 is 0 Å². The number of hydrogen-bond acceptors (Lipinski definition) is 2. The van der Waals surface area contributed by atoms with E-state index in [1.807, 2.05) is 0 Å². The van der Waals surface area contributed by atoms with Crippen LogP contribution in [0.15, 0.2) is 42.5 Å². The zero-order valence-corrected chi connectivity index (χ0v) is 13.2. The molecule has 2 aromatic carbocycles. The summed E-state index contributed by atoms with van der Waals surface area (Å²) in [6.07, 6.45) is 0.999. The Morgan fingerprint density at radius 1 is 1.00 bits per heavy atom. The molecule has 0 heterocycles. The Hall–Kier alpha value is -1.80. The SMILES string of the molecule is CCc1cc(CN)ccc1COc1ccc(C(C)C)cc1. The van der Waals surface area contributed by atoms with Crippen LogP contribution in [0.4, 0.5) is 0 Å². The second kappa shape index (κ2) is 7.28. The van der Waals surface area contributed by atoms with Crippen molar-refractivity contribution in [3.63, 3.8) is 0 Å². The van der Waals surface area contributed by atoms with Crippen molar-refractivity contribution < 1.29 is 4.74 Å². The van der Waals surface area contributed by atoms with Gasteiger partial charge in [0.25, 0.3) is 0 Å². The molecule has 112 valence electrons. The van der Waals surface area contributed by atoms with Crippen LogP contribution in [-0.2, 0) is 19.6 Å². The molecule has 0 fully saturated rings. The van der Waals surface area contributed by atoms with Gasteiger partial charge in [0, 0.05) is 6.54 Å². The number of nitrogens with two attached hydrogens (primary N) is 1. The highest BCUT2D eigenvalue weighted by atomic mass is 16.5. The second-order valence-corrected chi connectivity index (χ2v) is 5.67. The lowest BCUT2D eigenvalue weighted by molar-refractivity contribution is 0.305. The van der Waals surface area contributed by atoms with E-state index >= 15 is 0 Å². The topological polar surface area (TPSA) is 35.2 Å². The van der Waals surface area contributed by atoms with Crippen molar-refractivity contribution in [1.29, 1.82) is 0 Å². The number of ether oxygens (including phenoxy) is 1. The molecule has 0 saturated heterocycles. The van der Waals surface area contributed by atoms with Gasteiger partial charge in [0.1, 0.15) is 12.4 Å². The quantitative estimate of drug-likeness (QED) is 0.852. The molecule has 2 heteroatoms. The van der Waals surface area contributed by atoms with E-state index in [-0.39, 0.29) is 0 Å². The zero-order chi connectivity index (χ0) is 15.2. The van der Waals surface area contributed by atoms with E-state index in [0.717, 1.165) is 12.2 Å². The first-order valence-electron chi connectivity index (χ1n) is 7.67. The molecule has 2 nitrogen and oxygen atoms in total. The molecule has 2 aromatic rings. The van der Waals surface area contributed by atoms with Crippen LogP contribution in [0.25, 0.3) is 0 Å². The molecule has 0 aliphatic heterocycles. The largest absolute Gasteiger partial charge is 0.489 e. The molecule has 0 saturated carbocycles. The first-order chi connectivity index (χ1) is 10.1. The highest BCUT2D eigenvalue weighted by Crippen LogP contribution is 2.20. The first kappa shape index (κ1) is 15.6. The predicted octanol–water partition coefficient (Wildman–Crippen LogP) is 4.41. The van der Waals surface area contributed by atoms with Crippen molar-refractivity contribution in [2.24, 2.45) is 5.73 Å². The van der Waals surface area contributed by atoms with E-state index < -0.39 is 0 Å². The van der Waals surface area contributed by atoms with Crippen molar-refractivity contribution in [2.45, 2.75) is 46.3 Å². The fourth-order valence-electron chi connectivity index (χ4n) is 2.39. The van der Waals surface area contributed by atoms with E-state index in [9.17, 15) is 0 Å². The lowest BCUT2D eigenvalue weighted by atomic mass is 10.0. The van der Waals surface area contributed by atoms with Crippen molar-refractivity contribution >= 4 is 0 Å². The molecule has 0 aromatic heterocycles. The summed E-state index contributed by atoms with van der Waals surface area (Å²) in [5.74, 6) is 1.47.